The monoisotopic (exact) mass is 2510 g/mol. The van der Waals surface area contributed by atoms with Gasteiger partial charge in [0.1, 0.15) is 9.21 Å². The van der Waals surface area contributed by atoms with Crippen LogP contribution in [0.2, 0.25) is 0 Å². The van der Waals surface area contributed by atoms with Gasteiger partial charge in [0.2, 0.25) is 6.41 Å². The number of anilines is 4. The number of aliphatic imine (C=N–C) groups is 2. The third-order valence-corrected chi connectivity index (χ3v) is 11.6. The van der Waals surface area contributed by atoms with E-state index >= 15 is 0 Å². The number of nitrogen functional groups attached to an aromatic ring is 3. The van der Waals surface area contributed by atoms with Gasteiger partial charge in [0.25, 0.3) is 13.0 Å². The van der Waals surface area contributed by atoms with E-state index in [0.717, 1.165) is 30.6 Å². The van der Waals surface area contributed by atoms with Gasteiger partial charge in [0, 0.05) is 54.1 Å². The molecule has 0 fully saturated rings. The number of halogens is 11. The van der Waals surface area contributed by atoms with Gasteiger partial charge in [-0.3, -0.25) is 19.1 Å². The number of carbonyl (C=O) groups excluding carboxylic acids is 1. The van der Waals surface area contributed by atoms with E-state index in [1.54, 1.807) is 104 Å². The van der Waals surface area contributed by atoms with Crippen molar-refractivity contribution in [1.82, 2.24) is 46.0 Å². The zero-order valence-electron chi connectivity index (χ0n) is 56.2. The second-order valence-corrected chi connectivity index (χ2v) is 61.1. The average molecular weight is 2510 g/mol. The number of hydrogen-bond donors (Lipinski definition) is 8. The second-order valence-electron chi connectivity index (χ2n) is 11.7. The molecular formula is C62H110BBr5Cl3I3N18O5PSSe4V. The first kappa shape index (κ1) is 156. The second kappa shape index (κ2) is 123. The Morgan fingerprint density at radius 2 is 1.01 bits per heavy atom. The molecule has 0 aromatic carbocycles. The summed E-state index contributed by atoms with van der Waals surface area (Å²) in [5, 5.41) is 6.15. The normalized spacial score (nSPS) is 7.45. The van der Waals surface area contributed by atoms with Crippen LogP contribution < -0.4 is 34.4 Å². The van der Waals surface area contributed by atoms with E-state index < -0.39 is 5.20 Å². The summed E-state index contributed by atoms with van der Waals surface area (Å²) in [6, 6.07) is 25.3. The van der Waals surface area contributed by atoms with E-state index in [0.29, 0.717) is 52.3 Å². The molecular weight excluding hydrogens is 2400 g/mol. The maximum atomic E-state index is 9.97. The van der Waals surface area contributed by atoms with Gasteiger partial charge in [-0.15, -0.1) is 0 Å². The molecule has 0 aliphatic carbocycles. The molecule has 0 saturated heterocycles. The van der Waals surface area contributed by atoms with Crippen molar-refractivity contribution < 1.29 is 29.7 Å². The Morgan fingerprint density at radius 3 is 1.29 bits per heavy atom. The van der Waals surface area contributed by atoms with Crippen molar-refractivity contribution in [2.24, 2.45) is 20.0 Å². The van der Waals surface area contributed by atoms with E-state index in [4.69, 9.17) is 39.4 Å². The van der Waals surface area contributed by atoms with Crippen molar-refractivity contribution in [1.29, 1.82) is 0 Å². The fourth-order valence-corrected chi connectivity index (χ4v) is 7.15. The Kier molecular flexibility index (Phi) is 184. The van der Waals surface area contributed by atoms with E-state index in [9.17, 15) is 9.36 Å². The fourth-order valence-electron chi connectivity index (χ4n) is 3.68. The predicted molar refractivity (Wildman–Crippen MR) is 515 cm³/mol. The van der Waals surface area contributed by atoms with Gasteiger partial charge in [0.05, 0.1) is 17.1 Å². The SMILES string of the molecule is C.C.C.C.C.C.C#[N+]c1cccnc1Br.CC.CC.CC.CC.CC.CC.CC.N.NC([Se])=Nc1cccnc1Br.Nc1cccnc1.Nc1cccnc1Br.Nc1nc2cccnc2[se]1.O.O=CNc1cccnc1Br.O=CO.O=P(Cl)(Cl)Cl.[B]=NS.[CH3-].[I][V]([I])[I].[Se].[Se]=C=Nc1cccnc1Br. The molecule has 0 atom stereocenters. The number of nitrogens with two attached hydrogens (primary N) is 4. The van der Waals surface area contributed by atoms with Gasteiger partial charge >= 0.3 is 319 Å². The number of fused-ring (bicyclic) bond motifs is 1. The molecule has 598 valence electrons. The molecule has 0 saturated carbocycles. The van der Waals surface area contributed by atoms with Crippen LogP contribution >= 0.6 is 191 Å². The van der Waals surface area contributed by atoms with Crippen molar-refractivity contribution in [3.8, 4) is 6.57 Å². The number of nitrogens with zero attached hydrogens (tertiary/aromatic N) is 12. The number of carbonyl (C=O) groups is 2. The number of thiol groups is 1. The first-order valence-electron chi connectivity index (χ1n) is 26.5. The van der Waals surface area contributed by atoms with Crippen molar-refractivity contribution in [3.63, 3.8) is 0 Å². The number of carboxylic acid groups (broad SMARTS) is 1. The Hall–Kier alpha value is -0.913. The number of pyridine rings is 7. The Labute approximate surface area is 758 Å². The molecule has 8 heterocycles. The third-order valence-electron chi connectivity index (χ3n) is 6.38. The van der Waals surface area contributed by atoms with Crippen LogP contribution in [0.25, 0.3) is 14.8 Å². The predicted octanol–water partition coefficient (Wildman–Crippen LogP) is 24.5. The van der Waals surface area contributed by atoms with Crippen molar-refractivity contribution in [2.45, 2.75) is 141 Å². The van der Waals surface area contributed by atoms with E-state index in [1.165, 1.54) is 0 Å². The summed E-state index contributed by atoms with van der Waals surface area (Å²) >= 11 is 45.7. The average Bonchev–Trinajstić information content (AvgIpc) is 1.71. The standard InChI is InChI=1S/C6H5BrN3Se.C6H5BrN2O.C6H3BrN2Se.C6H4BrN2.C6H5N3Se.C5H5BrN2.C5H6N2.7C2H6.CH2O2.6CH4.CH3.BHNS.Cl3OP.3HI.H3N.H2O.Se.V/c7-5-4(10-6(8)11)2-1-3-9-5;2*7-6-5(9-4-10)2-1-3-8-6;1-8-5-3-2-4-9-6(5)7;7-6-9-4-2-1-3-8-5(4)10-6;6-5-4(7)2-1-3-8-5;6-5-2-1-3-7-4-5;7*1-2;2-1-3;;;;;;;;1-2-3;1-5(2,3)4;;;;;;;/h1-3H,(H2,8,10);1-4H,(H,9,10);1-3H;1-4H;1-3H,(H2,7,9);1-3H,7H2;1-4H,6H2;7*1-2H3;1H,(H,2,3);6*1H4;1H3;3H;;3*1H;1H3;1H2;;/q;;;+1;;;;;;;;;;;;;;;;;;-1;;;;;;;;;+3/p-3. The number of hydrogen-bond acceptors (Lipinski definition) is 19. The Balaban J connectivity index is -0.0000000409. The van der Waals surface area contributed by atoms with Crippen LogP contribution in [0.15, 0.2) is 172 Å². The molecule has 23 nitrogen and oxygen atoms in total. The van der Waals surface area contributed by atoms with Gasteiger partial charge in [-0.1, -0.05) is 141 Å². The minimum atomic E-state index is -3.22. The summed E-state index contributed by atoms with van der Waals surface area (Å²) in [6.45, 7) is 32.8. The molecule has 0 aliphatic heterocycles. The first-order chi connectivity index (χ1) is 44.8. The molecule has 8 aromatic heterocycles. The summed E-state index contributed by atoms with van der Waals surface area (Å²) in [4.78, 5) is 61.0. The summed E-state index contributed by atoms with van der Waals surface area (Å²) in [5.74, 6) is 0. The minimum absolute atomic E-state index is 0. The van der Waals surface area contributed by atoms with E-state index in [1.807, 2.05) is 127 Å². The summed E-state index contributed by atoms with van der Waals surface area (Å²) in [6.07, 6.45) is 14.0. The van der Waals surface area contributed by atoms with Crippen molar-refractivity contribution >= 4 is 333 Å². The maximum absolute atomic E-state index is 9.97. The quantitative estimate of drug-likeness (QED) is 0.00934. The molecule has 0 unspecified atom stereocenters. The van der Waals surface area contributed by atoms with Crippen LogP contribution in [0.4, 0.5) is 38.8 Å². The molecule has 1 amide bonds. The van der Waals surface area contributed by atoms with Crippen molar-refractivity contribution in [2.75, 3.05) is 22.5 Å². The van der Waals surface area contributed by atoms with Gasteiger partial charge in [-0.05, 0) is 129 Å². The molecule has 8 rings (SSSR count). The third kappa shape index (κ3) is 117. The number of amides is 1. The molecule has 104 heavy (non-hydrogen) atoms. The molecule has 15 N–H and O–H groups in total. The summed E-state index contributed by atoms with van der Waals surface area (Å²) in [5.41, 5.74) is 26.7. The number of rotatable bonds is 4. The van der Waals surface area contributed by atoms with Gasteiger partial charge < -0.3 is 40.9 Å². The van der Waals surface area contributed by atoms with E-state index in [-0.39, 0.29) is 107 Å². The number of aromatic nitrogens is 8. The van der Waals surface area contributed by atoms with Crippen LogP contribution in [0.5, 0.6) is 0 Å². The molecule has 42 heteroatoms. The van der Waals surface area contributed by atoms with Crippen molar-refractivity contribution in [3.05, 3.63) is 170 Å². The van der Waals surface area contributed by atoms with Gasteiger partial charge in [-0.2, -0.15) is 0 Å². The summed E-state index contributed by atoms with van der Waals surface area (Å²) in [7, 11) is 4.34. The molecule has 0 spiro atoms. The molecule has 0 aliphatic rings. The fraction of sp³-hybridized carbons (Fsp3) is 0.323. The Morgan fingerprint density at radius 1 is 0.673 bits per heavy atom. The van der Waals surface area contributed by atoms with Crippen LogP contribution in [0.1, 0.15) is 141 Å². The van der Waals surface area contributed by atoms with Crippen LogP contribution in [0.3, 0.4) is 0 Å². The molecule has 0 bridgehead atoms. The summed E-state index contributed by atoms with van der Waals surface area (Å²) < 4.78 is 20.4. The van der Waals surface area contributed by atoms with Crippen LogP contribution in [-0.4, -0.2) is 144 Å². The topological polar surface area (TPSA) is 399 Å². The zero-order valence-corrected chi connectivity index (χ0v) is 82.9. The zero-order chi connectivity index (χ0) is 75.3. The molecule has 4 radical (unpaired) electrons. The van der Waals surface area contributed by atoms with Gasteiger partial charge in [0.15, 0.2) is 4.60 Å². The van der Waals surface area contributed by atoms with Gasteiger partial charge in [-0.25, -0.2) is 15.0 Å². The Bertz CT molecular complexity index is 3160. The first-order valence-corrected chi connectivity index (χ1v) is 52.3. The number of amidine groups is 1. The molecule has 8 aromatic rings. The van der Waals surface area contributed by atoms with Crippen LogP contribution in [0, 0.1) is 14.0 Å². The van der Waals surface area contributed by atoms with E-state index in [2.05, 4.69) is 294 Å². The number of nitrogens with one attached hydrogen (secondary N) is 1. The van der Waals surface area contributed by atoms with Crippen LogP contribution in [-0.2, 0) is 19.1 Å².